The number of aryl methyl sites for hydroxylation is 1. The Kier molecular flexibility index (Phi) is 4.24. The van der Waals surface area contributed by atoms with Gasteiger partial charge in [-0.25, -0.2) is 4.98 Å². The van der Waals surface area contributed by atoms with Crippen LogP contribution in [0, 0.1) is 6.92 Å². The fourth-order valence-corrected chi connectivity index (χ4v) is 4.10. The lowest BCUT2D eigenvalue weighted by atomic mass is 10.1. The van der Waals surface area contributed by atoms with E-state index < -0.39 is 11.8 Å². The summed E-state index contributed by atoms with van der Waals surface area (Å²) in [6.07, 6.45) is 0. The lowest BCUT2D eigenvalue weighted by Gasteiger charge is -2.19. The Balaban J connectivity index is 1.47. The highest BCUT2D eigenvalue weighted by molar-refractivity contribution is 7.18. The molecule has 3 aromatic rings. The van der Waals surface area contributed by atoms with Crippen LogP contribution in [0.25, 0.3) is 10.2 Å². The van der Waals surface area contributed by atoms with Crippen molar-refractivity contribution in [3.63, 3.8) is 0 Å². The number of hydrogen-bond acceptors (Lipinski definition) is 5. The quantitative estimate of drug-likeness (QED) is 0.654. The van der Waals surface area contributed by atoms with Gasteiger partial charge < -0.3 is 4.90 Å². The number of thiazole rings is 1. The number of fused-ring (bicyclic) bond motifs is 2. The van der Waals surface area contributed by atoms with Crippen LogP contribution in [-0.4, -0.2) is 46.1 Å². The third-order valence-electron chi connectivity index (χ3n) is 4.56. The van der Waals surface area contributed by atoms with Crippen LogP contribution in [0.4, 0.5) is 0 Å². The summed E-state index contributed by atoms with van der Waals surface area (Å²) in [4.78, 5) is 44.6. The summed E-state index contributed by atoms with van der Waals surface area (Å²) in [5.41, 5.74) is 2.51. The van der Waals surface area contributed by atoms with Crippen LogP contribution < -0.4 is 0 Å². The third kappa shape index (κ3) is 3.10. The third-order valence-corrected chi connectivity index (χ3v) is 5.58. The molecule has 7 heteroatoms. The second-order valence-corrected chi connectivity index (χ2v) is 7.69. The molecule has 0 atom stereocenters. The number of para-hydroxylation sites is 1. The summed E-state index contributed by atoms with van der Waals surface area (Å²) in [5.74, 6) is -1.14. The first kappa shape index (κ1) is 17.4. The van der Waals surface area contributed by atoms with Crippen molar-refractivity contribution in [3.05, 3.63) is 64.2 Å². The molecule has 0 aliphatic carbocycles. The zero-order valence-electron chi connectivity index (χ0n) is 14.9. The highest BCUT2D eigenvalue weighted by atomic mass is 32.1. The van der Waals surface area contributed by atoms with E-state index in [4.69, 9.17) is 0 Å². The Morgan fingerprint density at radius 2 is 1.85 bits per heavy atom. The van der Waals surface area contributed by atoms with Gasteiger partial charge in [0.2, 0.25) is 5.91 Å². The van der Waals surface area contributed by atoms with Crippen molar-refractivity contribution in [2.24, 2.45) is 0 Å². The molecular formula is C20H17N3O3S. The van der Waals surface area contributed by atoms with Gasteiger partial charge in [0, 0.05) is 7.05 Å². The Morgan fingerprint density at radius 1 is 1.11 bits per heavy atom. The van der Waals surface area contributed by atoms with Gasteiger partial charge in [-0.2, -0.15) is 0 Å². The van der Waals surface area contributed by atoms with E-state index in [9.17, 15) is 14.4 Å². The van der Waals surface area contributed by atoms with E-state index in [1.165, 1.54) is 16.2 Å². The smallest absolute Gasteiger partial charge is 0.262 e. The topological polar surface area (TPSA) is 70.6 Å². The lowest BCUT2D eigenvalue weighted by molar-refractivity contribution is -0.130. The highest BCUT2D eigenvalue weighted by Gasteiger charge is 2.37. The fourth-order valence-electron chi connectivity index (χ4n) is 3.08. The number of carbonyl (C=O) groups excluding carboxylic acids is 3. The van der Waals surface area contributed by atoms with E-state index in [2.05, 4.69) is 4.98 Å². The molecule has 6 nitrogen and oxygen atoms in total. The number of nitrogens with zero attached hydrogens (tertiary/aromatic N) is 3. The molecule has 4 rings (SSSR count). The number of imide groups is 1. The number of benzene rings is 2. The number of aromatic nitrogens is 1. The molecular weight excluding hydrogens is 362 g/mol. The molecule has 0 spiro atoms. The number of amides is 3. The van der Waals surface area contributed by atoms with Crippen LogP contribution in [0.2, 0.25) is 0 Å². The van der Waals surface area contributed by atoms with Gasteiger partial charge in [0.05, 0.1) is 27.9 Å². The molecule has 0 radical (unpaired) electrons. The van der Waals surface area contributed by atoms with Crippen LogP contribution in [-0.2, 0) is 11.3 Å². The van der Waals surface area contributed by atoms with E-state index in [1.54, 1.807) is 25.2 Å². The molecule has 1 aliphatic heterocycles. The Labute approximate surface area is 160 Å². The van der Waals surface area contributed by atoms with Crippen molar-refractivity contribution in [3.8, 4) is 0 Å². The van der Waals surface area contributed by atoms with Crippen molar-refractivity contribution in [1.29, 1.82) is 0 Å². The van der Waals surface area contributed by atoms with E-state index in [1.807, 2.05) is 31.2 Å². The minimum atomic E-state index is -0.420. The molecule has 2 heterocycles. The number of likely N-dealkylation sites (N-methyl/N-ethyl adjacent to an activating group) is 1. The second-order valence-electron chi connectivity index (χ2n) is 6.57. The Bertz CT molecular complexity index is 1060. The maximum atomic E-state index is 12.6. The first-order valence-electron chi connectivity index (χ1n) is 8.49. The SMILES string of the molecule is Cc1ccc2c(c1)C(=O)N(CC(=O)N(C)Cc1nc3ccccc3s1)C2=O. The van der Waals surface area contributed by atoms with E-state index in [-0.39, 0.29) is 12.5 Å². The maximum absolute atomic E-state index is 12.6. The molecule has 0 bridgehead atoms. The Morgan fingerprint density at radius 3 is 2.63 bits per heavy atom. The van der Waals surface area contributed by atoms with Crippen molar-refractivity contribution >= 4 is 39.3 Å². The van der Waals surface area contributed by atoms with Crippen molar-refractivity contribution < 1.29 is 14.4 Å². The molecule has 0 fully saturated rings. The summed E-state index contributed by atoms with van der Waals surface area (Å²) in [6.45, 7) is 1.92. The summed E-state index contributed by atoms with van der Waals surface area (Å²) >= 11 is 1.53. The van der Waals surface area contributed by atoms with Gasteiger partial charge in [-0.1, -0.05) is 23.8 Å². The van der Waals surface area contributed by atoms with Crippen molar-refractivity contribution in [2.75, 3.05) is 13.6 Å². The fraction of sp³-hybridized carbons (Fsp3) is 0.200. The lowest BCUT2D eigenvalue weighted by Crippen LogP contribution is -2.40. The van der Waals surface area contributed by atoms with Crippen LogP contribution in [0.5, 0.6) is 0 Å². The molecule has 1 aliphatic rings. The average molecular weight is 379 g/mol. The van der Waals surface area contributed by atoms with Crippen LogP contribution in [0.3, 0.4) is 0 Å². The number of carbonyl (C=O) groups is 3. The normalized spacial score (nSPS) is 13.3. The molecule has 0 unspecified atom stereocenters. The van der Waals surface area contributed by atoms with E-state index in [0.717, 1.165) is 25.7 Å². The maximum Gasteiger partial charge on any atom is 0.262 e. The molecule has 0 saturated carbocycles. The molecule has 27 heavy (non-hydrogen) atoms. The van der Waals surface area contributed by atoms with Gasteiger partial charge in [-0.3, -0.25) is 19.3 Å². The predicted molar refractivity (Wildman–Crippen MR) is 103 cm³/mol. The van der Waals surface area contributed by atoms with E-state index in [0.29, 0.717) is 17.7 Å². The summed E-state index contributed by atoms with van der Waals surface area (Å²) in [6, 6.07) is 12.9. The average Bonchev–Trinajstić information content (AvgIpc) is 3.15. The molecule has 3 amide bonds. The standard InChI is InChI=1S/C20H17N3O3S/c1-12-7-8-13-14(9-12)20(26)23(19(13)25)11-18(24)22(2)10-17-21-15-5-3-4-6-16(15)27-17/h3-9H,10-11H2,1-2H3. The summed E-state index contributed by atoms with van der Waals surface area (Å²) in [7, 11) is 1.65. The van der Waals surface area contributed by atoms with Crippen LogP contribution >= 0.6 is 11.3 Å². The van der Waals surface area contributed by atoms with Crippen LogP contribution in [0.15, 0.2) is 42.5 Å². The monoisotopic (exact) mass is 379 g/mol. The molecule has 0 N–H and O–H groups in total. The molecule has 0 saturated heterocycles. The zero-order valence-corrected chi connectivity index (χ0v) is 15.7. The first-order valence-corrected chi connectivity index (χ1v) is 9.31. The minimum absolute atomic E-state index is 0.271. The molecule has 2 aromatic carbocycles. The van der Waals surface area contributed by atoms with Crippen molar-refractivity contribution in [2.45, 2.75) is 13.5 Å². The van der Waals surface area contributed by atoms with Gasteiger partial charge in [0.15, 0.2) is 0 Å². The highest BCUT2D eigenvalue weighted by Crippen LogP contribution is 2.25. The molecule has 1 aromatic heterocycles. The number of hydrogen-bond donors (Lipinski definition) is 0. The summed E-state index contributed by atoms with van der Waals surface area (Å²) in [5, 5.41) is 0.810. The van der Waals surface area contributed by atoms with Crippen LogP contribution in [0.1, 0.15) is 31.3 Å². The first-order chi connectivity index (χ1) is 12.9. The van der Waals surface area contributed by atoms with E-state index >= 15 is 0 Å². The summed E-state index contributed by atoms with van der Waals surface area (Å²) < 4.78 is 1.06. The van der Waals surface area contributed by atoms with Crippen molar-refractivity contribution in [1.82, 2.24) is 14.8 Å². The predicted octanol–water partition coefficient (Wildman–Crippen LogP) is 2.86. The number of rotatable bonds is 4. The minimum Gasteiger partial charge on any atom is -0.337 e. The largest absolute Gasteiger partial charge is 0.337 e. The molecule has 136 valence electrons. The van der Waals surface area contributed by atoms with Gasteiger partial charge in [0.25, 0.3) is 11.8 Å². The van der Waals surface area contributed by atoms with Gasteiger partial charge in [0.1, 0.15) is 11.6 Å². The van der Waals surface area contributed by atoms with Gasteiger partial charge in [-0.15, -0.1) is 11.3 Å². The van der Waals surface area contributed by atoms with Gasteiger partial charge >= 0.3 is 0 Å². The van der Waals surface area contributed by atoms with Gasteiger partial charge in [-0.05, 0) is 31.2 Å². The zero-order chi connectivity index (χ0) is 19.1. The second kappa shape index (κ2) is 6.59. The Hall–Kier alpha value is -3.06.